The molecule has 0 saturated carbocycles. The molecule has 2 heterocycles. The third kappa shape index (κ3) is 3.25. The number of rotatable bonds is 5. The van der Waals surface area contributed by atoms with Crippen LogP contribution < -0.4 is 10.6 Å². The van der Waals surface area contributed by atoms with E-state index in [-0.39, 0.29) is 0 Å². The van der Waals surface area contributed by atoms with Crippen molar-refractivity contribution in [2.45, 2.75) is 13.0 Å². The van der Waals surface area contributed by atoms with Crippen molar-refractivity contribution in [1.82, 2.24) is 9.97 Å². The van der Waals surface area contributed by atoms with E-state index in [9.17, 15) is 0 Å². The van der Waals surface area contributed by atoms with Crippen molar-refractivity contribution in [3.8, 4) is 0 Å². The lowest BCUT2D eigenvalue weighted by molar-refractivity contribution is 0.856. The van der Waals surface area contributed by atoms with Gasteiger partial charge >= 0.3 is 0 Å². The predicted molar refractivity (Wildman–Crippen MR) is 71.2 cm³/mol. The maximum Gasteiger partial charge on any atom is 0.225 e. The Labute approximate surface area is 105 Å². The summed E-state index contributed by atoms with van der Waals surface area (Å²) in [5, 5.41) is 4.22. The van der Waals surface area contributed by atoms with Crippen LogP contribution in [0.1, 0.15) is 11.1 Å². The van der Waals surface area contributed by atoms with Gasteiger partial charge in [0.1, 0.15) is 0 Å². The predicted octanol–water partition coefficient (Wildman–Crippen LogP) is 1.68. The highest BCUT2D eigenvalue weighted by molar-refractivity contribution is 7.07. The van der Waals surface area contributed by atoms with Crippen molar-refractivity contribution in [2.24, 2.45) is 5.73 Å². The normalized spacial score (nSPS) is 10.5. The van der Waals surface area contributed by atoms with E-state index in [1.165, 1.54) is 5.56 Å². The van der Waals surface area contributed by atoms with Gasteiger partial charge < -0.3 is 10.6 Å². The molecule has 0 atom stereocenters. The largest absolute Gasteiger partial charge is 0.340 e. The fourth-order valence-electron chi connectivity index (χ4n) is 1.57. The quantitative estimate of drug-likeness (QED) is 0.874. The molecule has 0 radical (unpaired) electrons. The summed E-state index contributed by atoms with van der Waals surface area (Å²) in [5.41, 5.74) is 7.85. The van der Waals surface area contributed by atoms with Crippen LogP contribution in [0.25, 0.3) is 0 Å². The lowest BCUT2D eigenvalue weighted by Gasteiger charge is -2.16. The first kappa shape index (κ1) is 12.0. The average Bonchev–Trinajstić information content (AvgIpc) is 2.83. The summed E-state index contributed by atoms with van der Waals surface area (Å²) in [7, 11) is 2.00. The fourth-order valence-corrected chi connectivity index (χ4v) is 2.23. The Morgan fingerprint density at radius 3 is 2.65 bits per heavy atom. The Hall–Kier alpha value is -1.46. The van der Waals surface area contributed by atoms with Gasteiger partial charge in [-0.25, -0.2) is 9.97 Å². The van der Waals surface area contributed by atoms with Crippen molar-refractivity contribution < 1.29 is 0 Å². The molecule has 4 nitrogen and oxygen atoms in total. The van der Waals surface area contributed by atoms with E-state index < -0.39 is 0 Å². The molecule has 90 valence electrons. The fraction of sp³-hybridized carbons (Fsp3) is 0.333. The van der Waals surface area contributed by atoms with Gasteiger partial charge in [0.15, 0.2) is 0 Å². The standard InChI is InChI=1S/C12H16N4S/c1-16(8-11-3-5-17-9-11)12-14-6-10(2-4-13)7-15-12/h3,5-7,9H,2,4,8,13H2,1H3. The molecule has 0 aliphatic heterocycles. The van der Waals surface area contributed by atoms with Gasteiger partial charge in [0.25, 0.3) is 0 Å². The molecule has 0 bridgehead atoms. The number of hydrogen-bond donors (Lipinski definition) is 1. The molecule has 5 heteroatoms. The van der Waals surface area contributed by atoms with Crippen LogP contribution in [0.2, 0.25) is 0 Å². The lowest BCUT2D eigenvalue weighted by Crippen LogP contribution is -2.18. The van der Waals surface area contributed by atoms with Gasteiger partial charge in [-0.1, -0.05) is 0 Å². The zero-order valence-electron chi connectivity index (χ0n) is 9.84. The number of aromatic nitrogens is 2. The summed E-state index contributed by atoms with van der Waals surface area (Å²) in [6.45, 7) is 1.47. The maximum atomic E-state index is 5.48. The molecular formula is C12H16N4S. The van der Waals surface area contributed by atoms with E-state index in [0.717, 1.165) is 24.5 Å². The van der Waals surface area contributed by atoms with Crippen LogP contribution in [0.5, 0.6) is 0 Å². The van der Waals surface area contributed by atoms with E-state index in [2.05, 4.69) is 26.8 Å². The van der Waals surface area contributed by atoms with Gasteiger partial charge in [0, 0.05) is 26.0 Å². The minimum absolute atomic E-state index is 0.632. The second-order valence-electron chi connectivity index (χ2n) is 3.92. The smallest absolute Gasteiger partial charge is 0.225 e. The Morgan fingerprint density at radius 2 is 2.06 bits per heavy atom. The minimum atomic E-state index is 0.632. The van der Waals surface area contributed by atoms with Crippen LogP contribution in [0, 0.1) is 0 Å². The zero-order valence-corrected chi connectivity index (χ0v) is 10.7. The van der Waals surface area contributed by atoms with Crippen molar-refractivity contribution in [2.75, 3.05) is 18.5 Å². The molecule has 0 unspecified atom stereocenters. The van der Waals surface area contributed by atoms with Gasteiger partial charge in [-0.15, -0.1) is 0 Å². The molecule has 0 saturated heterocycles. The third-order valence-corrected chi connectivity index (χ3v) is 3.20. The van der Waals surface area contributed by atoms with Crippen LogP contribution in [-0.4, -0.2) is 23.6 Å². The van der Waals surface area contributed by atoms with E-state index in [0.29, 0.717) is 6.54 Å². The van der Waals surface area contributed by atoms with Crippen LogP contribution in [0.3, 0.4) is 0 Å². The first-order valence-electron chi connectivity index (χ1n) is 5.53. The first-order chi connectivity index (χ1) is 8.29. The van der Waals surface area contributed by atoms with Crippen LogP contribution in [0.15, 0.2) is 29.2 Å². The highest BCUT2D eigenvalue weighted by atomic mass is 32.1. The molecule has 0 spiro atoms. The molecular weight excluding hydrogens is 232 g/mol. The van der Waals surface area contributed by atoms with Crippen molar-refractivity contribution in [3.63, 3.8) is 0 Å². The Morgan fingerprint density at radius 1 is 1.29 bits per heavy atom. The summed E-state index contributed by atoms with van der Waals surface area (Å²) in [6.07, 6.45) is 4.52. The molecule has 0 amide bonds. The Balaban J connectivity index is 2.01. The summed E-state index contributed by atoms with van der Waals surface area (Å²) < 4.78 is 0. The highest BCUT2D eigenvalue weighted by Gasteiger charge is 2.05. The van der Waals surface area contributed by atoms with Gasteiger partial charge in [0.2, 0.25) is 5.95 Å². The molecule has 0 aliphatic carbocycles. The number of hydrogen-bond acceptors (Lipinski definition) is 5. The third-order valence-electron chi connectivity index (χ3n) is 2.47. The van der Waals surface area contributed by atoms with Gasteiger partial charge in [-0.3, -0.25) is 0 Å². The summed E-state index contributed by atoms with van der Waals surface area (Å²) >= 11 is 1.70. The average molecular weight is 248 g/mol. The SMILES string of the molecule is CN(Cc1ccsc1)c1ncc(CCN)cn1. The summed E-state index contributed by atoms with van der Waals surface area (Å²) in [4.78, 5) is 10.7. The molecule has 2 N–H and O–H groups in total. The van der Waals surface area contributed by atoms with Crippen molar-refractivity contribution in [3.05, 3.63) is 40.3 Å². The van der Waals surface area contributed by atoms with Crippen LogP contribution in [-0.2, 0) is 13.0 Å². The van der Waals surface area contributed by atoms with Gasteiger partial charge in [0.05, 0.1) is 0 Å². The second kappa shape index (κ2) is 5.75. The van der Waals surface area contributed by atoms with E-state index in [4.69, 9.17) is 5.73 Å². The van der Waals surface area contributed by atoms with Gasteiger partial charge in [-0.2, -0.15) is 11.3 Å². The number of anilines is 1. The van der Waals surface area contributed by atoms with Gasteiger partial charge in [-0.05, 0) is 40.9 Å². The van der Waals surface area contributed by atoms with E-state index in [1.807, 2.05) is 24.3 Å². The molecule has 0 fully saturated rings. The molecule has 2 aromatic heterocycles. The maximum absolute atomic E-state index is 5.48. The lowest BCUT2D eigenvalue weighted by atomic mass is 10.2. The van der Waals surface area contributed by atoms with Crippen LogP contribution in [0.4, 0.5) is 5.95 Å². The highest BCUT2D eigenvalue weighted by Crippen LogP contribution is 2.12. The summed E-state index contributed by atoms with van der Waals surface area (Å²) in [5.74, 6) is 0.747. The molecule has 0 aliphatic rings. The minimum Gasteiger partial charge on any atom is -0.340 e. The van der Waals surface area contributed by atoms with Crippen LogP contribution >= 0.6 is 11.3 Å². The zero-order chi connectivity index (χ0) is 12.1. The van der Waals surface area contributed by atoms with E-state index >= 15 is 0 Å². The van der Waals surface area contributed by atoms with E-state index in [1.54, 1.807) is 11.3 Å². The number of thiophene rings is 1. The first-order valence-corrected chi connectivity index (χ1v) is 6.47. The Bertz CT molecular complexity index is 438. The monoisotopic (exact) mass is 248 g/mol. The molecule has 2 aromatic rings. The number of nitrogens with two attached hydrogens (primary N) is 1. The number of nitrogens with zero attached hydrogens (tertiary/aromatic N) is 3. The summed E-state index contributed by atoms with van der Waals surface area (Å²) in [6, 6.07) is 2.12. The molecule has 17 heavy (non-hydrogen) atoms. The topological polar surface area (TPSA) is 55.0 Å². The van der Waals surface area contributed by atoms with Crippen molar-refractivity contribution in [1.29, 1.82) is 0 Å². The Kier molecular flexibility index (Phi) is 4.06. The van der Waals surface area contributed by atoms with Crippen molar-refractivity contribution >= 4 is 17.3 Å². The second-order valence-corrected chi connectivity index (χ2v) is 4.70. The molecule has 2 rings (SSSR count). The molecule has 0 aromatic carbocycles.